The van der Waals surface area contributed by atoms with Gasteiger partial charge in [0, 0.05) is 12.8 Å². The van der Waals surface area contributed by atoms with Crippen molar-refractivity contribution >= 4 is 5.97 Å². The van der Waals surface area contributed by atoms with Crippen LogP contribution in [-0.2, 0) is 14.3 Å². The van der Waals surface area contributed by atoms with E-state index in [1.54, 1.807) is 0 Å². The Bertz CT molecular complexity index is 631. The lowest BCUT2D eigenvalue weighted by molar-refractivity contribution is -0.956. The van der Waals surface area contributed by atoms with E-state index < -0.39 is 12.5 Å². The zero-order valence-corrected chi connectivity index (χ0v) is 15.7. The Morgan fingerprint density at radius 2 is 1.92 bits per heavy atom. The lowest BCUT2D eigenvalue weighted by Crippen LogP contribution is -2.62. The van der Waals surface area contributed by atoms with Crippen LogP contribution >= 0.6 is 0 Å². The molecule has 0 aliphatic carbocycles. The maximum absolute atomic E-state index is 12.6. The first-order valence-corrected chi connectivity index (χ1v) is 9.92. The molecule has 0 radical (unpaired) electrons. The number of quaternary nitrogens is 1. The summed E-state index contributed by atoms with van der Waals surface area (Å²) in [4.78, 5) is 12.6. The third-order valence-electron chi connectivity index (χ3n) is 6.77. The van der Waals surface area contributed by atoms with Crippen molar-refractivity contribution in [3.05, 3.63) is 35.9 Å². The summed E-state index contributed by atoms with van der Waals surface area (Å²) < 4.78 is 12.8. The van der Waals surface area contributed by atoms with Crippen LogP contribution in [0.25, 0.3) is 0 Å². The summed E-state index contributed by atoms with van der Waals surface area (Å²) in [5.41, 5.74) is 0.751. The maximum atomic E-state index is 12.6. The van der Waals surface area contributed by atoms with Gasteiger partial charge in [0.2, 0.25) is 0 Å². The van der Waals surface area contributed by atoms with Gasteiger partial charge in [-0.15, -0.1) is 6.61 Å². The fourth-order valence-electron chi connectivity index (χ4n) is 5.22. The minimum absolute atomic E-state index is 0.0838. The Morgan fingerprint density at radius 1 is 1.27 bits per heavy atom. The zero-order valence-electron chi connectivity index (χ0n) is 15.7. The molecule has 5 heteroatoms. The lowest BCUT2D eigenvalue weighted by Gasteiger charge is -2.48. The van der Waals surface area contributed by atoms with Gasteiger partial charge in [-0.1, -0.05) is 43.7 Å². The van der Waals surface area contributed by atoms with E-state index in [1.807, 2.05) is 30.3 Å². The van der Waals surface area contributed by atoms with Crippen LogP contribution in [-0.4, -0.2) is 61.0 Å². The summed E-state index contributed by atoms with van der Waals surface area (Å²) in [7, 11) is 2.35. The number of ether oxygens (including phenoxy) is 2. The highest BCUT2D eigenvalue weighted by atomic mass is 16.6. The molecule has 0 N–H and O–H groups in total. The second kappa shape index (κ2) is 6.95. The zero-order chi connectivity index (χ0) is 18.3. The number of hydrogen-bond donors (Lipinski definition) is 0. The van der Waals surface area contributed by atoms with Crippen molar-refractivity contribution < 1.29 is 23.9 Å². The molecule has 0 spiro atoms. The van der Waals surface area contributed by atoms with Crippen molar-refractivity contribution in [2.45, 2.75) is 68.9 Å². The van der Waals surface area contributed by atoms with E-state index >= 15 is 0 Å². The number of carbonyl (C=O) groups is 1. The molecule has 26 heavy (non-hydrogen) atoms. The maximum Gasteiger partial charge on any atom is 0.312 e. The van der Waals surface area contributed by atoms with Crippen molar-refractivity contribution in [3.8, 4) is 0 Å². The second-order valence-corrected chi connectivity index (χ2v) is 8.28. The summed E-state index contributed by atoms with van der Waals surface area (Å²) >= 11 is 0. The number of morpholine rings is 1. The molecule has 5 unspecified atom stereocenters. The fraction of sp³-hybridized carbons (Fsp3) is 0.667. The normalized spacial score (nSPS) is 38.5. The van der Waals surface area contributed by atoms with Gasteiger partial charge in [-0.2, -0.15) is 0 Å². The van der Waals surface area contributed by atoms with Crippen LogP contribution in [0.4, 0.5) is 0 Å². The van der Waals surface area contributed by atoms with E-state index in [4.69, 9.17) is 9.47 Å². The Morgan fingerprint density at radius 3 is 2.50 bits per heavy atom. The number of fused-ring (bicyclic) bond motifs is 5. The van der Waals surface area contributed by atoms with Gasteiger partial charge >= 0.3 is 5.97 Å². The van der Waals surface area contributed by atoms with Gasteiger partial charge in [-0.05, 0) is 12.0 Å². The Labute approximate surface area is 155 Å². The molecule has 2 bridgehead atoms. The molecule has 3 fully saturated rings. The van der Waals surface area contributed by atoms with Gasteiger partial charge in [0.05, 0.1) is 19.5 Å². The molecule has 0 amide bonds. The van der Waals surface area contributed by atoms with Gasteiger partial charge in [-0.25, -0.2) is 0 Å². The highest BCUT2D eigenvalue weighted by Crippen LogP contribution is 2.52. The van der Waals surface area contributed by atoms with Crippen LogP contribution in [0.3, 0.4) is 0 Å². The molecule has 1 aromatic rings. The van der Waals surface area contributed by atoms with Crippen LogP contribution in [0, 0.1) is 0 Å². The van der Waals surface area contributed by atoms with Crippen LogP contribution in [0.2, 0.25) is 0 Å². The third-order valence-corrected chi connectivity index (χ3v) is 6.77. The summed E-state index contributed by atoms with van der Waals surface area (Å²) in [5, 5.41) is 11.6. The molecule has 5 atom stereocenters. The number of likely N-dealkylation sites (N-methyl/N-ethyl adjacent to an activating group) is 1. The Hall–Kier alpha value is -1.43. The molecule has 0 saturated carbocycles. The molecule has 3 saturated heterocycles. The Kier molecular flexibility index (Phi) is 4.80. The minimum atomic E-state index is -0.706. The highest BCUT2D eigenvalue weighted by Gasteiger charge is 2.71. The largest absolute Gasteiger partial charge is 0.854 e. The Balaban J connectivity index is 1.42. The third kappa shape index (κ3) is 2.96. The van der Waals surface area contributed by atoms with E-state index in [0.717, 1.165) is 22.9 Å². The first kappa shape index (κ1) is 18.0. The lowest BCUT2D eigenvalue weighted by atomic mass is 9.94. The van der Waals surface area contributed by atoms with Crippen LogP contribution in [0.5, 0.6) is 0 Å². The van der Waals surface area contributed by atoms with Crippen LogP contribution in [0.1, 0.15) is 44.1 Å². The van der Waals surface area contributed by atoms with E-state index in [2.05, 4.69) is 14.0 Å². The molecular formula is C21H29NO4. The summed E-state index contributed by atoms with van der Waals surface area (Å²) in [6, 6.07) is 10.1. The molecule has 4 rings (SSSR count). The topological polar surface area (TPSA) is 61.9 Å². The number of epoxide rings is 1. The number of esters is 1. The van der Waals surface area contributed by atoms with E-state index in [-0.39, 0.29) is 12.1 Å². The molecule has 3 aliphatic rings. The number of rotatable bonds is 7. The number of hydrogen-bond acceptors (Lipinski definition) is 4. The fourth-order valence-corrected chi connectivity index (χ4v) is 5.22. The van der Waals surface area contributed by atoms with E-state index in [9.17, 15) is 9.90 Å². The van der Waals surface area contributed by atoms with Crippen LogP contribution in [0.15, 0.2) is 30.3 Å². The number of nitrogens with zero attached hydrogens (tertiary/aromatic N) is 1. The highest BCUT2D eigenvalue weighted by molar-refractivity contribution is 5.78. The quantitative estimate of drug-likeness (QED) is 0.421. The van der Waals surface area contributed by atoms with Crippen LogP contribution < -0.4 is 5.11 Å². The van der Waals surface area contributed by atoms with Crippen molar-refractivity contribution in [1.82, 2.24) is 0 Å². The summed E-state index contributed by atoms with van der Waals surface area (Å²) in [6.45, 7) is 2.93. The summed E-state index contributed by atoms with van der Waals surface area (Å²) in [6.07, 6.45) is 4.72. The van der Waals surface area contributed by atoms with Gasteiger partial charge in [0.25, 0.3) is 0 Å². The van der Waals surface area contributed by atoms with Gasteiger partial charge in [0.15, 0.2) is 0 Å². The minimum Gasteiger partial charge on any atom is -0.854 e. The van der Waals surface area contributed by atoms with Gasteiger partial charge in [-0.3, -0.25) is 4.79 Å². The smallest absolute Gasteiger partial charge is 0.312 e. The SMILES string of the molecule is CCCC[N+]1(C)C2CC(OC(=O)C(C[O-])c3ccccc3)CC1C1OC12. The standard InChI is InChI=1S/C21H29NO4/c1-3-4-10-22(2)17-11-15(12-18(22)20-19(17)26-20)25-21(24)16(13-23)14-8-6-5-7-9-14/h5-9,15-20H,3-4,10-13H2,1-2H3. The van der Waals surface area contributed by atoms with Crippen molar-refractivity contribution in [1.29, 1.82) is 0 Å². The van der Waals surface area contributed by atoms with Crippen molar-refractivity contribution in [2.75, 3.05) is 20.2 Å². The summed E-state index contributed by atoms with van der Waals surface area (Å²) in [5.74, 6) is -1.07. The van der Waals surface area contributed by atoms with Gasteiger partial charge in [0.1, 0.15) is 30.4 Å². The van der Waals surface area contributed by atoms with Crippen molar-refractivity contribution in [2.24, 2.45) is 0 Å². The van der Waals surface area contributed by atoms with E-state index in [0.29, 0.717) is 24.3 Å². The van der Waals surface area contributed by atoms with Crippen molar-refractivity contribution in [3.63, 3.8) is 0 Å². The molecule has 0 aromatic heterocycles. The first-order valence-electron chi connectivity index (χ1n) is 9.92. The molecule has 1 aromatic carbocycles. The molecule has 3 aliphatic heterocycles. The average molecular weight is 359 g/mol. The molecule has 5 nitrogen and oxygen atoms in total. The molecule has 3 heterocycles. The predicted octanol–water partition coefficient (Wildman–Crippen LogP) is 1.60. The number of piperidine rings is 1. The molecular weight excluding hydrogens is 330 g/mol. The first-order chi connectivity index (χ1) is 12.6. The number of unbranched alkanes of at least 4 members (excludes halogenated alkanes) is 1. The van der Waals surface area contributed by atoms with E-state index in [1.165, 1.54) is 19.4 Å². The molecule has 142 valence electrons. The number of carbonyl (C=O) groups excluding carboxylic acids is 1. The number of benzene rings is 1. The average Bonchev–Trinajstić information content (AvgIpc) is 3.40. The monoisotopic (exact) mass is 359 g/mol. The van der Waals surface area contributed by atoms with Gasteiger partial charge < -0.3 is 19.1 Å². The second-order valence-electron chi connectivity index (χ2n) is 8.28. The predicted molar refractivity (Wildman–Crippen MR) is 95.4 cm³/mol.